The smallest absolute Gasteiger partial charge is 0.460 e. The number of hydrogen-bond donors (Lipinski definition) is 2. The summed E-state index contributed by atoms with van der Waals surface area (Å²) in [4.78, 5) is 40.1. The number of benzene rings is 1. The normalized spacial score (nSPS) is 26.3. The summed E-state index contributed by atoms with van der Waals surface area (Å²) >= 11 is 1.49. The van der Waals surface area contributed by atoms with Crippen molar-refractivity contribution in [1.82, 2.24) is 5.32 Å². The van der Waals surface area contributed by atoms with Crippen LogP contribution in [0.1, 0.15) is 95.1 Å². The van der Waals surface area contributed by atoms with Crippen LogP contribution >= 0.6 is 11.3 Å². The third-order valence-electron chi connectivity index (χ3n) is 9.58. The number of esters is 2. The van der Waals surface area contributed by atoms with E-state index in [0.717, 1.165) is 17.7 Å². The minimum Gasteiger partial charge on any atom is -0.507 e. The minimum absolute atomic E-state index is 0.0447. The van der Waals surface area contributed by atoms with Crippen molar-refractivity contribution in [2.45, 2.75) is 110 Å². The molecule has 44 heavy (non-hydrogen) atoms. The second-order valence-electron chi connectivity index (χ2n) is 14.7. The van der Waals surface area contributed by atoms with E-state index in [1.807, 2.05) is 17.5 Å². The van der Waals surface area contributed by atoms with E-state index < -0.39 is 41.9 Å². The highest BCUT2D eigenvalue weighted by Gasteiger charge is 2.67. The molecule has 9 nitrogen and oxygen atoms in total. The van der Waals surface area contributed by atoms with Crippen molar-refractivity contribution in [2.24, 2.45) is 17.3 Å². The van der Waals surface area contributed by atoms with E-state index >= 15 is 0 Å². The lowest BCUT2D eigenvalue weighted by Crippen LogP contribution is -2.65. The Morgan fingerprint density at radius 3 is 2.45 bits per heavy atom. The number of nitrogens with one attached hydrogen (secondary N) is 1. The van der Waals surface area contributed by atoms with Crippen LogP contribution in [0.2, 0.25) is 6.32 Å². The van der Waals surface area contributed by atoms with Gasteiger partial charge in [0.2, 0.25) is 11.5 Å². The van der Waals surface area contributed by atoms with Crippen LogP contribution in [-0.4, -0.2) is 53.0 Å². The Kier molecular flexibility index (Phi) is 8.48. The predicted octanol–water partition coefficient (Wildman–Crippen LogP) is 5.86. The average molecular weight is 626 g/mol. The standard InChI is InChI=1S/C33H44BNO8S/c1-30(2,3)41-29(39)32(6,7)40-28(38)22-13-9-12-21(27(22)37)23(35-26(36)17-20-11-10-14-44-20)18-34-42-25-16-19-15-24(31(19,4)5)33(25,8)43-34/h9-14,19,23-25,37H,15-18H2,1-8H3,(H,35,36)/t19-,23?,24-,25?,33-/m0/s1. The molecule has 11 heteroatoms. The number of carbonyl (C=O) groups excluding carboxylic acids is 3. The number of aromatic hydroxyl groups is 1. The van der Waals surface area contributed by atoms with Crippen LogP contribution in [0.5, 0.6) is 5.75 Å². The Morgan fingerprint density at radius 1 is 1.09 bits per heavy atom. The van der Waals surface area contributed by atoms with Gasteiger partial charge in [-0.1, -0.05) is 32.0 Å². The number of phenols is 1. The van der Waals surface area contributed by atoms with Gasteiger partial charge in [0.15, 0.2) is 0 Å². The highest BCUT2D eigenvalue weighted by atomic mass is 32.1. The molecule has 2 aromatic rings. The molecule has 1 aromatic heterocycles. The lowest BCUT2D eigenvalue weighted by molar-refractivity contribution is -0.199. The first kappa shape index (κ1) is 32.5. The molecule has 2 N–H and O–H groups in total. The zero-order valence-corrected chi connectivity index (χ0v) is 27.7. The summed E-state index contributed by atoms with van der Waals surface area (Å²) in [5.41, 5.74) is -2.44. The molecule has 3 saturated carbocycles. The summed E-state index contributed by atoms with van der Waals surface area (Å²) in [5, 5.41) is 16.4. The van der Waals surface area contributed by atoms with Gasteiger partial charge in [0.25, 0.3) is 0 Å². The molecule has 3 aliphatic carbocycles. The molecule has 2 unspecified atom stereocenters. The van der Waals surface area contributed by atoms with Crippen LogP contribution in [0.4, 0.5) is 0 Å². The molecule has 2 bridgehead atoms. The fourth-order valence-electron chi connectivity index (χ4n) is 7.06. The van der Waals surface area contributed by atoms with Crippen molar-refractivity contribution in [1.29, 1.82) is 0 Å². The van der Waals surface area contributed by atoms with Crippen molar-refractivity contribution >= 4 is 36.3 Å². The molecule has 1 aromatic carbocycles. The summed E-state index contributed by atoms with van der Waals surface area (Å²) in [6, 6.07) is 7.74. The lowest BCUT2D eigenvalue weighted by Gasteiger charge is -2.64. The average Bonchev–Trinajstić information content (AvgIpc) is 3.53. The van der Waals surface area contributed by atoms with Crippen LogP contribution < -0.4 is 5.32 Å². The maximum Gasteiger partial charge on any atom is 0.460 e. The van der Waals surface area contributed by atoms with E-state index in [1.54, 1.807) is 32.9 Å². The first-order chi connectivity index (χ1) is 20.4. The largest absolute Gasteiger partial charge is 0.507 e. The van der Waals surface area contributed by atoms with Gasteiger partial charge in [-0.3, -0.25) is 4.79 Å². The van der Waals surface area contributed by atoms with Gasteiger partial charge in [-0.25, -0.2) is 9.59 Å². The molecule has 4 fully saturated rings. The van der Waals surface area contributed by atoms with Crippen molar-refractivity contribution in [2.75, 3.05) is 0 Å². The molecule has 2 heterocycles. The van der Waals surface area contributed by atoms with Crippen LogP contribution in [-0.2, 0) is 34.8 Å². The molecule has 6 rings (SSSR count). The maximum absolute atomic E-state index is 13.3. The summed E-state index contributed by atoms with van der Waals surface area (Å²) in [6.07, 6.45) is 2.39. The lowest BCUT2D eigenvalue weighted by atomic mass is 9.43. The SMILES string of the molecule is CC(C)(C)OC(=O)C(C)(C)OC(=O)c1cccc(C(CB2OC3C[C@@H]4C[C@@H](C4(C)C)[C@]3(C)O2)NC(=O)Cc2cccs2)c1O. The zero-order chi connectivity index (χ0) is 32.2. The van der Waals surface area contributed by atoms with Gasteiger partial charge in [-0.15, -0.1) is 11.3 Å². The van der Waals surface area contributed by atoms with Crippen molar-refractivity contribution in [3.63, 3.8) is 0 Å². The molecule has 1 saturated heterocycles. The van der Waals surface area contributed by atoms with Gasteiger partial charge in [0.1, 0.15) is 16.9 Å². The van der Waals surface area contributed by atoms with E-state index in [1.165, 1.54) is 31.3 Å². The van der Waals surface area contributed by atoms with Gasteiger partial charge >= 0.3 is 19.1 Å². The van der Waals surface area contributed by atoms with E-state index in [-0.39, 0.29) is 41.5 Å². The third-order valence-corrected chi connectivity index (χ3v) is 10.5. The highest BCUT2D eigenvalue weighted by molar-refractivity contribution is 7.10. The third kappa shape index (κ3) is 6.28. The van der Waals surface area contributed by atoms with Gasteiger partial charge < -0.3 is 29.2 Å². The van der Waals surface area contributed by atoms with Crippen molar-refractivity contribution < 1.29 is 38.3 Å². The van der Waals surface area contributed by atoms with E-state index in [0.29, 0.717) is 17.4 Å². The molecule has 238 valence electrons. The molecule has 4 aliphatic rings. The number of phenolic OH excluding ortho intramolecular Hbond substituents is 1. The van der Waals surface area contributed by atoms with Crippen molar-refractivity contribution in [3.05, 3.63) is 51.7 Å². The number of rotatable bonds is 9. The molecule has 1 aliphatic heterocycles. The monoisotopic (exact) mass is 625 g/mol. The Balaban J connectivity index is 1.38. The van der Waals surface area contributed by atoms with Crippen LogP contribution in [0.25, 0.3) is 0 Å². The number of thiophene rings is 1. The number of para-hydroxylation sites is 1. The summed E-state index contributed by atoms with van der Waals surface area (Å²) in [7, 11) is -0.617. The Labute approximate surface area is 264 Å². The second-order valence-corrected chi connectivity index (χ2v) is 15.7. The van der Waals surface area contributed by atoms with Gasteiger partial charge in [0.05, 0.1) is 24.2 Å². The molecular formula is C33H44BNO8S. The summed E-state index contributed by atoms with van der Waals surface area (Å²) in [6.45, 7) is 14.8. The maximum atomic E-state index is 13.3. The minimum atomic E-state index is -1.60. The Bertz CT molecular complexity index is 1420. The van der Waals surface area contributed by atoms with E-state index in [4.69, 9.17) is 18.8 Å². The number of hydrogen-bond acceptors (Lipinski definition) is 9. The van der Waals surface area contributed by atoms with Gasteiger partial charge in [0, 0.05) is 16.8 Å². The first-order valence-corrected chi connectivity index (χ1v) is 16.2. The van der Waals surface area contributed by atoms with E-state index in [2.05, 4.69) is 26.1 Å². The molecular weight excluding hydrogens is 581 g/mol. The molecule has 0 spiro atoms. The number of ether oxygens (including phenoxy) is 2. The van der Waals surface area contributed by atoms with E-state index in [9.17, 15) is 19.5 Å². The van der Waals surface area contributed by atoms with Crippen LogP contribution in [0.15, 0.2) is 35.7 Å². The van der Waals surface area contributed by atoms with Gasteiger partial charge in [-0.2, -0.15) is 0 Å². The first-order valence-electron chi connectivity index (χ1n) is 15.3. The molecule has 5 atom stereocenters. The number of amides is 1. The highest BCUT2D eigenvalue weighted by Crippen LogP contribution is 2.66. The number of carbonyl (C=O) groups is 3. The fraction of sp³-hybridized carbons (Fsp3) is 0.606. The summed E-state index contributed by atoms with van der Waals surface area (Å²) in [5.74, 6) is -1.22. The predicted molar refractivity (Wildman–Crippen MR) is 167 cm³/mol. The topological polar surface area (TPSA) is 120 Å². The van der Waals surface area contributed by atoms with Crippen molar-refractivity contribution in [3.8, 4) is 5.75 Å². The summed E-state index contributed by atoms with van der Waals surface area (Å²) < 4.78 is 24.0. The quantitative estimate of drug-likeness (QED) is 0.263. The fourth-order valence-corrected chi connectivity index (χ4v) is 7.77. The molecule has 0 radical (unpaired) electrons. The van der Waals surface area contributed by atoms with Crippen LogP contribution in [0, 0.1) is 17.3 Å². The second kappa shape index (κ2) is 11.5. The Hall–Kier alpha value is -2.89. The van der Waals surface area contributed by atoms with Crippen LogP contribution in [0.3, 0.4) is 0 Å². The van der Waals surface area contributed by atoms with Gasteiger partial charge in [-0.05, 0) is 89.1 Å². The zero-order valence-electron chi connectivity index (χ0n) is 26.9. The molecule has 1 amide bonds. The Morgan fingerprint density at radius 2 is 1.82 bits per heavy atom.